The van der Waals surface area contributed by atoms with Crippen molar-refractivity contribution in [2.45, 2.75) is 13.8 Å². The highest BCUT2D eigenvalue weighted by Gasteiger charge is 1.96. The molecule has 0 amide bonds. The predicted molar refractivity (Wildman–Crippen MR) is 112 cm³/mol. The second-order valence-corrected chi connectivity index (χ2v) is 5.45. The molecule has 0 aromatic carbocycles. The molecule has 28 heavy (non-hydrogen) atoms. The van der Waals surface area contributed by atoms with Gasteiger partial charge in [-0.15, -0.1) is 0 Å². The number of nitrogens with zero attached hydrogens (tertiary/aromatic N) is 3. The smallest absolute Gasteiger partial charge is 0.129 e. The van der Waals surface area contributed by atoms with E-state index < -0.39 is 0 Å². The molecule has 0 spiro atoms. The van der Waals surface area contributed by atoms with E-state index in [1.807, 2.05) is 50.3 Å². The molecule has 0 fully saturated rings. The first-order valence-electron chi connectivity index (χ1n) is 8.32. The van der Waals surface area contributed by atoms with Gasteiger partial charge in [0, 0.05) is 0 Å². The van der Waals surface area contributed by atoms with Crippen LogP contribution >= 0.6 is 0 Å². The molecule has 0 saturated heterocycles. The summed E-state index contributed by atoms with van der Waals surface area (Å²) in [6, 6.07) is 5.73. The molecule has 0 aromatic heterocycles. The zero-order chi connectivity index (χ0) is 20.6. The first kappa shape index (κ1) is 21.6. The van der Waals surface area contributed by atoms with Gasteiger partial charge in [0.15, 0.2) is 0 Å². The van der Waals surface area contributed by atoms with Crippen molar-refractivity contribution < 1.29 is 0 Å². The van der Waals surface area contributed by atoms with Crippen LogP contribution in [0, 0.1) is 57.7 Å². The van der Waals surface area contributed by atoms with E-state index in [2.05, 4.69) is 29.8 Å². The molecule has 0 saturated carbocycles. The average molecular weight is 359 g/mol. The first-order chi connectivity index (χ1) is 13.6. The van der Waals surface area contributed by atoms with Gasteiger partial charge in [-0.25, -0.2) is 0 Å². The minimum absolute atomic E-state index is 0.0140. The molecule has 1 aliphatic carbocycles. The molecule has 0 N–H and O–H groups in total. The number of hydrogen-bond donors (Lipinski definition) is 0. The highest BCUT2D eigenvalue weighted by atomic mass is 14.3. The summed E-state index contributed by atoms with van der Waals surface area (Å²) >= 11 is 0. The van der Waals surface area contributed by atoms with Crippen LogP contribution in [-0.4, -0.2) is 0 Å². The van der Waals surface area contributed by atoms with E-state index in [1.54, 1.807) is 36.4 Å². The fourth-order valence-electron chi connectivity index (χ4n) is 1.84. The molecule has 1 rings (SSSR count). The Bertz CT molecular complexity index is 1040. The van der Waals surface area contributed by atoms with Crippen LogP contribution in [0.5, 0.6) is 0 Å². The molecule has 3 nitrogen and oxygen atoms in total. The monoisotopic (exact) mass is 359 g/mol. The molecule has 132 valence electrons. The van der Waals surface area contributed by atoms with Crippen molar-refractivity contribution in [1.29, 1.82) is 15.8 Å². The second kappa shape index (κ2) is 12.8. The third kappa shape index (κ3) is 8.56. The predicted octanol–water partition coefficient (Wildman–Crippen LogP) is 4.92. The molecule has 0 heterocycles. The van der Waals surface area contributed by atoms with Crippen molar-refractivity contribution in [1.82, 2.24) is 0 Å². The lowest BCUT2D eigenvalue weighted by Crippen LogP contribution is -1.81. The Labute approximate surface area is 166 Å². The van der Waals surface area contributed by atoms with Crippen molar-refractivity contribution >= 4 is 0 Å². The molecule has 0 atom stereocenters. The highest BCUT2D eigenvalue weighted by molar-refractivity contribution is 5.51. The lowest BCUT2D eigenvalue weighted by molar-refractivity contribution is 1.46. The number of nitriles is 3. The Balaban J connectivity index is 3.27. The van der Waals surface area contributed by atoms with Gasteiger partial charge in [0.1, 0.15) is 17.7 Å². The van der Waals surface area contributed by atoms with Crippen LogP contribution < -0.4 is 0 Å². The molecule has 1 aliphatic rings. The van der Waals surface area contributed by atoms with Gasteiger partial charge in [0.25, 0.3) is 0 Å². The van der Waals surface area contributed by atoms with E-state index in [9.17, 15) is 5.26 Å². The lowest BCUT2D eigenvalue weighted by Gasteiger charge is -1.96. The van der Waals surface area contributed by atoms with Gasteiger partial charge in [0.2, 0.25) is 0 Å². The Hall–Kier alpha value is -4.49. The summed E-state index contributed by atoms with van der Waals surface area (Å²) in [5.41, 5.74) is 2.94. The Morgan fingerprint density at radius 1 is 0.821 bits per heavy atom. The summed E-state index contributed by atoms with van der Waals surface area (Å²) in [7, 11) is 0. The van der Waals surface area contributed by atoms with E-state index in [4.69, 9.17) is 10.5 Å². The Kier molecular flexibility index (Phi) is 9.86. The maximum Gasteiger partial charge on any atom is 0.129 e. The number of hydrogen-bond acceptors (Lipinski definition) is 3. The van der Waals surface area contributed by atoms with E-state index >= 15 is 0 Å². The molecule has 0 aliphatic heterocycles. The van der Waals surface area contributed by atoms with Gasteiger partial charge < -0.3 is 0 Å². The zero-order valence-corrected chi connectivity index (χ0v) is 15.7. The van der Waals surface area contributed by atoms with E-state index in [-0.39, 0.29) is 5.57 Å². The third-order valence-corrected chi connectivity index (χ3v) is 3.25. The maximum absolute atomic E-state index is 9.51. The van der Waals surface area contributed by atoms with Gasteiger partial charge in [-0.3, -0.25) is 0 Å². The van der Waals surface area contributed by atoms with Gasteiger partial charge >= 0.3 is 0 Å². The van der Waals surface area contributed by atoms with E-state index in [0.29, 0.717) is 5.57 Å². The van der Waals surface area contributed by atoms with Crippen molar-refractivity contribution in [2.75, 3.05) is 0 Å². The minimum Gasteiger partial charge on any atom is -0.192 e. The normalized spacial score (nSPS) is 21.0. The summed E-state index contributed by atoms with van der Waals surface area (Å²) < 4.78 is 0. The van der Waals surface area contributed by atoms with Crippen LogP contribution in [0.15, 0.2) is 94.7 Å². The van der Waals surface area contributed by atoms with Crippen molar-refractivity contribution in [3.63, 3.8) is 0 Å². The summed E-state index contributed by atoms with van der Waals surface area (Å²) in [4.78, 5) is 0. The van der Waals surface area contributed by atoms with Crippen LogP contribution in [0.25, 0.3) is 0 Å². The molecule has 0 bridgehead atoms. The summed E-state index contributed by atoms with van der Waals surface area (Å²) in [5.74, 6) is 11.5. The van der Waals surface area contributed by atoms with Gasteiger partial charge in [-0.2, -0.15) is 15.8 Å². The standard InChI is InChI=1S/C25H17N3/c1-21-10-6-7-11-22(2)13-9-17-24(16-8-12-21)25(20-28)15-5-3-4-14-23(18-26)19-27/h3-5,8-9,12-17H,1-2H3/b4-3+,15-5+,16-8+,17-9+,21-12-,22-13+,25-24+. The molecule has 0 aromatic rings. The van der Waals surface area contributed by atoms with E-state index in [0.717, 1.165) is 16.7 Å². The SMILES string of the molecule is C/C1=C/C=C/C(=C(C#N)/C=C/C=C/C=C(C#N)C#N)/C=C/C=C(\C)C#CC#C1. The van der Waals surface area contributed by atoms with Crippen LogP contribution in [0.1, 0.15) is 13.8 Å². The second-order valence-electron chi connectivity index (χ2n) is 5.45. The fourth-order valence-corrected chi connectivity index (χ4v) is 1.84. The van der Waals surface area contributed by atoms with Crippen molar-refractivity contribution in [2.24, 2.45) is 0 Å². The maximum atomic E-state index is 9.51. The largest absolute Gasteiger partial charge is 0.192 e. The van der Waals surface area contributed by atoms with Crippen molar-refractivity contribution in [3.05, 3.63) is 94.7 Å². The minimum atomic E-state index is 0.0140. The summed E-state index contributed by atoms with van der Waals surface area (Å²) in [5, 5.41) is 26.9. The van der Waals surface area contributed by atoms with Crippen molar-refractivity contribution in [3.8, 4) is 41.9 Å². The number of rotatable bonds is 3. The van der Waals surface area contributed by atoms with Crippen LogP contribution in [0.2, 0.25) is 0 Å². The van der Waals surface area contributed by atoms with E-state index in [1.165, 1.54) is 6.08 Å². The lowest BCUT2D eigenvalue weighted by atomic mass is 10.1. The number of allylic oxidation sites excluding steroid dienone is 16. The van der Waals surface area contributed by atoms with Crippen LogP contribution in [-0.2, 0) is 0 Å². The van der Waals surface area contributed by atoms with Gasteiger partial charge in [-0.05, 0) is 54.6 Å². The average Bonchev–Trinajstić information content (AvgIpc) is 2.71. The van der Waals surface area contributed by atoms with Crippen LogP contribution in [0.3, 0.4) is 0 Å². The molecular weight excluding hydrogens is 342 g/mol. The molecular formula is C25H17N3. The Morgan fingerprint density at radius 3 is 1.89 bits per heavy atom. The van der Waals surface area contributed by atoms with Crippen LogP contribution in [0.4, 0.5) is 0 Å². The topological polar surface area (TPSA) is 71.4 Å². The molecule has 0 unspecified atom stereocenters. The molecule has 3 heteroatoms. The quantitative estimate of drug-likeness (QED) is 0.408. The highest BCUT2D eigenvalue weighted by Crippen LogP contribution is 2.11. The summed E-state index contributed by atoms with van der Waals surface area (Å²) in [6.45, 7) is 3.78. The Morgan fingerprint density at radius 2 is 1.39 bits per heavy atom. The molecule has 0 radical (unpaired) electrons. The fraction of sp³-hybridized carbons (Fsp3) is 0.0800. The van der Waals surface area contributed by atoms with Gasteiger partial charge in [-0.1, -0.05) is 66.5 Å². The first-order valence-corrected chi connectivity index (χ1v) is 8.32. The zero-order valence-electron chi connectivity index (χ0n) is 15.7. The van der Waals surface area contributed by atoms with Gasteiger partial charge in [0.05, 0.1) is 11.6 Å². The third-order valence-electron chi connectivity index (χ3n) is 3.25. The summed E-state index contributed by atoms with van der Waals surface area (Å²) in [6.07, 6.45) is 19.0.